The molecule has 1 aromatic carbocycles. The molecule has 3 N–H and O–H groups in total. The summed E-state index contributed by atoms with van der Waals surface area (Å²) < 4.78 is 18.0. The topological polar surface area (TPSA) is 87.0 Å². The van der Waals surface area contributed by atoms with Gasteiger partial charge in [-0.3, -0.25) is 0 Å². The number of aromatic hydroxyl groups is 2. The number of esters is 1. The number of ether oxygens (including phenoxy) is 1. The monoisotopic (exact) mass is 264 g/mol. The standard InChI is InChI=1S/C10H10ClFO5/c1-2-17-10(16)9(15)6-7(12)4(11)3-5(13)8(6)14/h3,9,13-15H,2H2,1H3. The number of benzene rings is 1. The minimum absolute atomic E-state index is 0.0230. The molecule has 7 heteroatoms. The molecule has 5 nitrogen and oxygen atoms in total. The second kappa shape index (κ2) is 5.20. The van der Waals surface area contributed by atoms with Gasteiger partial charge in [0.15, 0.2) is 23.4 Å². The van der Waals surface area contributed by atoms with Crippen LogP contribution in [0.15, 0.2) is 6.07 Å². The van der Waals surface area contributed by atoms with Gasteiger partial charge in [-0.1, -0.05) is 11.6 Å². The van der Waals surface area contributed by atoms with Gasteiger partial charge in [-0.05, 0) is 6.92 Å². The lowest BCUT2D eigenvalue weighted by Gasteiger charge is -2.14. The van der Waals surface area contributed by atoms with Gasteiger partial charge in [0.1, 0.15) is 0 Å². The van der Waals surface area contributed by atoms with Crippen LogP contribution in [0, 0.1) is 5.82 Å². The van der Waals surface area contributed by atoms with Gasteiger partial charge in [-0.25, -0.2) is 9.18 Å². The number of hydrogen-bond acceptors (Lipinski definition) is 5. The maximum atomic E-state index is 13.5. The Bertz CT molecular complexity index is 423. The summed E-state index contributed by atoms with van der Waals surface area (Å²) in [5.41, 5.74) is -0.812. The van der Waals surface area contributed by atoms with Gasteiger partial charge in [0.25, 0.3) is 0 Å². The Morgan fingerprint density at radius 1 is 1.59 bits per heavy atom. The van der Waals surface area contributed by atoms with Crippen LogP contribution in [0.4, 0.5) is 4.39 Å². The van der Waals surface area contributed by atoms with E-state index in [9.17, 15) is 24.5 Å². The van der Waals surface area contributed by atoms with Crippen molar-refractivity contribution in [2.45, 2.75) is 13.0 Å². The minimum Gasteiger partial charge on any atom is -0.504 e. The third-order valence-corrected chi connectivity index (χ3v) is 2.27. The van der Waals surface area contributed by atoms with Crippen LogP contribution in [-0.2, 0) is 9.53 Å². The van der Waals surface area contributed by atoms with E-state index in [1.807, 2.05) is 0 Å². The number of halogens is 2. The van der Waals surface area contributed by atoms with Crippen LogP contribution < -0.4 is 0 Å². The van der Waals surface area contributed by atoms with Crippen LogP contribution in [0.5, 0.6) is 11.5 Å². The van der Waals surface area contributed by atoms with Crippen molar-refractivity contribution in [1.29, 1.82) is 0 Å². The van der Waals surface area contributed by atoms with E-state index >= 15 is 0 Å². The number of aliphatic hydroxyl groups is 1. The number of carbonyl (C=O) groups excluding carboxylic acids is 1. The molecule has 1 aromatic rings. The fraction of sp³-hybridized carbons (Fsp3) is 0.300. The van der Waals surface area contributed by atoms with Gasteiger partial charge in [-0.2, -0.15) is 0 Å². The highest BCUT2D eigenvalue weighted by atomic mass is 35.5. The summed E-state index contributed by atoms with van der Waals surface area (Å²) in [4.78, 5) is 11.2. The van der Waals surface area contributed by atoms with Crippen molar-refractivity contribution < 1.29 is 29.2 Å². The van der Waals surface area contributed by atoms with E-state index in [0.717, 1.165) is 6.07 Å². The molecule has 0 aromatic heterocycles. The van der Waals surface area contributed by atoms with Crippen molar-refractivity contribution in [1.82, 2.24) is 0 Å². The zero-order valence-electron chi connectivity index (χ0n) is 8.78. The Labute approximate surface area is 101 Å². The van der Waals surface area contributed by atoms with Crippen LogP contribution in [0.1, 0.15) is 18.6 Å². The first kappa shape index (κ1) is 13.5. The molecule has 0 aliphatic rings. The molecule has 0 fully saturated rings. The summed E-state index contributed by atoms with van der Waals surface area (Å²) in [6, 6.07) is 0.758. The lowest BCUT2D eigenvalue weighted by molar-refractivity contribution is -0.153. The van der Waals surface area contributed by atoms with Crippen molar-refractivity contribution in [2.75, 3.05) is 6.61 Å². The van der Waals surface area contributed by atoms with Crippen molar-refractivity contribution in [3.05, 3.63) is 22.5 Å². The zero-order valence-corrected chi connectivity index (χ0v) is 9.53. The number of phenolic OH excluding ortho intramolecular Hbond substituents is 2. The predicted molar refractivity (Wildman–Crippen MR) is 56.3 cm³/mol. The Morgan fingerprint density at radius 3 is 2.71 bits per heavy atom. The molecule has 0 bridgehead atoms. The van der Waals surface area contributed by atoms with Crippen molar-refractivity contribution >= 4 is 17.6 Å². The average Bonchev–Trinajstić information content (AvgIpc) is 2.27. The van der Waals surface area contributed by atoms with Gasteiger partial charge in [0.2, 0.25) is 0 Å². The van der Waals surface area contributed by atoms with E-state index in [4.69, 9.17) is 11.6 Å². The SMILES string of the molecule is CCOC(=O)C(O)c1c(O)c(O)cc(Cl)c1F. The molecular weight excluding hydrogens is 255 g/mol. The van der Waals surface area contributed by atoms with Crippen LogP contribution in [-0.4, -0.2) is 27.9 Å². The second-order valence-corrected chi connectivity index (χ2v) is 3.52. The second-order valence-electron chi connectivity index (χ2n) is 3.11. The Balaban J connectivity index is 3.25. The Hall–Kier alpha value is -1.53. The van der Waals surface area contributed by atoms with E-state index < -0.39 is 40.0 Å². The van der Waals surface area contributed by atoms with Gasteiger partial charge < -0.3 is 20.1 Å². The van der Waals surface area contributed by atoms with Gasteiger partial charge in [-0.15, -0.1) is 0 Å². The fourth-order valence-corrected chi connectivity index (χ4v) is 1.42. The number of phenols is 2. The smallest absolute Gasteiger partial charge is 0.339 e. The summed E-state index contributed by atoms with van der Waals surface area (Å²) in [5, 5.41) is 27.5. The van der Waals surface area contributed by atoms with E-state index in [0.29, 0.717) is 0 Å². The molecule has 1 unspecified atom stereocenters. The third-order valence-electron chi connectivity index (χ3n) is 1.99. The number of aliphatic hydroxyl groups excluding tert-OH is 1. The molecule has 17 heavy (non-hydrogen) atoms. The first-order valence-electron chi connectivity index (χ1n) is 4.64. The highest BCUT2D eigenvalue weighted by Gasteiger charge is 2.29. The van der Waals surface area contributed by atoms with E-state index in [1.165, 1.54) is 6.92 Å². The van der Waals surface area contributed by atoms with Crippen LogP contribution in [0.2, 0.25) is 5.02 Å². The molecule has 0 saturated carbocycles. The van der Waals surface area contributed by atoms with E-state index in [1.54, 1.807) is 0 Å². The first-order chi connectivity index (χ1) is 7.90. The van der Waals surface area contributed by atoms with Crippen molar-refractivity contribution in [3.8, 4) is 11.5 Å². The van der Waals surface area contributed by atoms with Gasteiger partial charge >= 0.3 is 5.97 Å². The molecule has 1 rings (SSSR count). The van der Waals surface area contributed by atoms with Gasteiger partial charge in [0, 0.05) is 6.07 Å². The quantitative estimate of drug-likeness (QED) is 0.569. The van der Waals surface area contributed by atoms with E-state index in [-0.39, 0.29) is 6.61 Å². The molecule has 0 aliphatic carbocycles. The minimum atomic E-state index is -2.06. The molecule has 0 aliphatic heterocycles. The molecule has 0 spiro atoms. The largest absolute Gasteiger partial charge is 0.504 e. The van der Waals surface area contributed by atoms with E-state index in [2.05, 4.69) is 4.74 Å². The molecule has 94 valence electrons. The highest BCUT2D eigenvalue weighted by Crippen LogP contribution is 2.39. The molecule has 0 saturated heterocycles. The number of rotatable bonds is 3. The van der Waals surface area contributed by atoms with Crippen LogP contribution >= 0.6 is 11.6 Å². The van der Waals surface area contributed by atoms with Crippen LogP contribution in [0.25, 0.3) is 0 Å². The average molecular weight is 265 g/mol. The summed E-state index contributed by atoms with van der Waals surface area (Å²) in [7, 11) is 0. The highest BCUT2D eigenvalue weighted by molar-refractivity contribution is 6.31. The molecular formula is C10H10ClFO5. The maximum Gasteiger partial charge on any atom is 0.339 e. The lowest BCUT2D eigenvalue weighted by Crippen LogP contribution is -2.17. The summed E-state index contributed by atoms with van der Waals surface area (Å²) >= 11 is 5.41. The normalized spacial score (nSPS) is 12.2. The summed E-state index contributed by atoms with van der Waals surface area (Å²) in [6.45, 7) is 1.47. The molecule has 0 radical (unpaired) electrons. The Kier molecular flexibility index (Phi) is 4.14. The third kappa shape index (κ3) is 2.59. The molecule has 0 heterocycles. The first-order valence-corrected chi connectivity index (χ1v) is 5.02. The zero-order chi connectivity index (χ0) is 13.2. The maximum absolute atomic E-state index is 13.5. The van der Waals surface area contributed by atoms with Gasteiger partial charge in [0.05, 0.1) is 17.2 Å². The lowest BCUT2D eigenvalue weighted by atomic mass is 10.1. The number of hydrogen-bond donors (Lipinski definition) is 3. The summed E-state index contributed by atoms with van der Waals surface area (Å²) in [6.07, 6.45) is -2.06. The Morgan fingerprint density at radius 2 is 2.18 bits per heavy atom. The molecule has 1 atom stereocenters. The summed E-state index contributed by atoms with van der Waals surface area (Å²) in [5.74, 6) is -4.03. The predicted octanol–water partition coefficient (Wildman–Crippen LogP) is 1.49. The van der Waals surface area contributed by atoms with Crippen molar-refractivity contribution in [2.24, 2.45) is 0 Å². The fourth-order valence-electron chi connectivity index (χ4n) is 1.21. The van der Waals surface area contributed by atoms with Crippen LogP contribution in [0.3, 0.4) is 0 Å². The molecule has 0 amide bonds. The number of carbonyl (C=O) groups is 1. The van der Waals surface area contributed by atoms with Crippen molar-refractivity contribution in [3.63, 3.8) is 0 Å².